The van der Waals surface area contributed by atoms with Crippen LogP contribution in [0.2, 0.25) is 0 Å². The molecule has 2 saturated carbocycles. The molecule has 102 valence electrons. The molecule has 1 aromatic rings. The fourth-order valence-corrected chi connectivity index (χ4v) is 2.81. The summed E-state index contributed by atoms with van der Waals surface area (Å²) in [6, 6.07) is 1.99. The molecule has 0 atom stereocenters. The Morgan fingerprint density at radius 2 is 1.89 bits per heavy atom. The number of aryl methyl sites for hydroxylation is 1. The van der Waals surface area contributed by atoms with Crippen molar-refractivity contribution in [2.24, 2.45) is 17.6 Å². The van der Waals surface area contributed by atoms with Crippen LogP contribution in [0.25, 0.3) is 0 Å². The van der Waals surface area contributed by atoms with Crippen LogP contribution in [-0.4, -0.2) is 23.1 Å². The molecule has 1 aromatic heterocycles. The third-order valence-corrected chi connectivity index (χ3v) is 4.24. The van der Waals surface area contributed by atoms with Gasteiger partial charge in [-0.05, 0) is 56.1 Å². The minimum atomic E-state index is 0.470. The van der Waals surface area contributed by atoms with Crippen molar-refractivity contribution in [3.8, 4) is 0 Å². The number of hydrogen-bond donors (Lipinski definition) is 1. The van der Waals surface area contributed by atoms with Crippen LogP contribution in [0.5, 0.6) is 0 Å². The molecular weight excluding hydrogens is 254 g/mol. The van der Waals surface area contributed by atoms with E-state index in [9.17, 15) is 0 Å². The van der Waals surface area contributed by atoms with Gasteiger partial charge in [0.05, 0.1) is 5.56 Å². The van der Waals surface area contributed by atoms with Gasteiger partial charge in [0.1, 0.15) is 10.8 Å². The molecule has 2 aliphatic carbocycles. The van der Waals surface area contributed by atoms with Gasteiger partial charge in [-0.25, -0.2) is 4.98 Å². The zero-order valence-corrected chi connectivity index (χ0v) is 12.2. The van der Waals surface area contributed by atoms with E-state index < -0.39 is 0 Å². The van der Waals surface area contributed by atoms with E-state index >= 15 is 0 Å². The van der Waals surface area contributed by atoms with E-state index in [1.165, 1.54) is 25.7 Å². The van der Waals surface area contributed by atoms with Crippen LogP contribution in [0, 0.1) is 18.8 Å². The Hall–Kier alpha value is -1.16. The number of thiocarbonyl (C=S) groups is 1. The van der Waals surface area contributed by atoms with Crippen LogP contribution >= 0.6 is 12.2 Å². The molecule has 0 amide bonds. The van der Waals surface area contributed by atoms with Crippen LogP contribution in [0.1, 0.15) is 36.8 Å². The highest BCUT2D eigenvalue weighted by atomic mass is 32.1. The maximum absolute atomic E-state index is 5.91. The highest BCUT2D eigenvalue weighted by Gasteiger charge is 2.31. The number of aromatic nitrogens is 1. The van der Waals surface area contributed by atoms with Gasteiger partial charge in [-0.1, -0.05) is 12.2 Å². The molecule has 0 aliphatic heterocycles. The third kappa shape index (κ3) is 3.06. The van der Waals surface area contributed by atoms with Crippen molar-refractivity contribution in [2.75, 3.05) is 18.0 Å². The second-order valence-electron chi connectivity index (χ2n) is 5.98. The Morgan fingerprint density at radius 1 is 1.32 bits per heavy atom. The second kappa shape index (κ2) is 5.08. The van der Waals surface area contributed by atoms with Gasteiger partial charge in [-0.15, -0.1) is 0 Å². The van der Waals surface area contributed by atoms with Crippen molar-refractivity contribution in [3.63, 3.8) is 0 Å². The van der Waals surface area contributed by atoms with Crippen LogP contribution in [-0.2, 0) is 0 Å². The highest BCUT2D eigenvalue weighted by Crippen LogP contribution is 2.36. The second-order valence-corrected chi connectivity index (χ2v) is 6.42. The van der Waals surface area contributed by atoms with E-state index in [2.05, 4.69) is 16.8 Å². The fourth-order valence-electron chi connectivity index (χ4n) is 2.56. The molecule has 2 fully saturated rings. The molecule has 3 nitrogen and oxygen atoms in total. The Balaban J connectivity index is 1.90. The lowest BCUT2D eigenvalue weighted by molar-refractivity contribution is 0.671. The molecule has 0 radical (unpaired) electrons. The average molecular weight is 275 g/mol. The van der Waals surface area contributed by atoms with Crippen molar-refractivity contribution in [1.82, 2.24) is 4.98 Å². The number of pyridine rings is 1. The number of nitrogens with two attached hydrogens (primary N) is 1. The van der Waals surface area contributed by atoms with Gasteiger partial charge < -0.3 is 10.6 Å². The zero-order valence-electron chi connectivity index (χ0n) is 11.4. The Morgan fingerprint density at radius 3 is 2.37 bits per heavy atom. The standard InChI is InChI=1S/C15H21N3S/c1-10-6-7-17-15(13(10)14(16)19)18(8-11-2-3-11)9-12-4-5-12/h6-7,11-12H,2-5,8-9H2,1H3,(H2,16,19). The van der Waals surface area contributed by atoms with Crippen molar-refractivity contribution in [3.05, 3.63) is 23.4 Å². The Kier molecular flexibility index (Phi) is 3.44. The Labute approximate surface area is 120 Å². The smallest absolute Gasteiger partial charge is 0.139 e. The molecule has 0 spiro atoms. The summed E-state index contributed by atoms with van der Waals surface area (Å²) in [6.07, 6.45) is 7.30. The lowest BCUT2D eigenvalue weighted by Crippen LogP contribution is -2.31. The SMILES string of the molecule is Cc1ccnc(N(CC2CC2)CC2CC2)c1C(N)=S. The lowest BCUT2D eigenvalue weighted by Gasteiger charge is -2.26. The largest absolute Gasteiger partial charge is 0.389 e. The van der Waals surface area contributed by atoms with Gasteiger partial charge in [0.15, 0.2) is 0 Å². The summed E-state index contributed by atoms with van der Waals surface area (Å²) in [7, 11) is 0. The van der Waals surface area contributed by atoms with Crippen LogP contribution < -0.4 is 10.6 Å². The first kappa shape index (κ1) is 12.9. The predicted octanol–water partition coefficient (Wildman–Crippen LogP) is 2.65. The van der Waals surface area contributed by atoms with Gasteiger partial charge >= 0.3 is 0 Å². The minimum Gasteiger partial charge on any atom is -0.389 e. The maximum atomic E-state index is 5.91. The van der Waals surface area contributed by atoms with Crippen LogP contribution in [0.3, 0.4) is 0 Å². The molecule has 0 saturated heterocycles. The molecule has 0 unspecified atom stereocenters. The van der Waals surface area contributed by atoms with Crippen LogP contribution in [0.15, 0.2) is 12.3 Å². The van der Waals surface area contributed by atoms with Crippen LogP contribution in [0.4, 0.5) is 5.82 Å². The monoisotopic (exact) mass is 275 g/mol. The first-order chi connectivity index (χ1) is 9.15. The maximum Gasteiger partial charge on any atom is 0.139 e. The van der Waals surface area contributed by atoms with Gasteiger partial charge in [-0.3, -0.25) is 0 Å². The summed E-state index contributed by atoms with van der Waals surface area (Å²) >= 11 is 5.23. The van der Waals surface area contributed by atoms with E-state index in [0.717, 1.165) is 41.9 Å². The third-order valence-electron chi connectivity index (χ3n) is 4.04. The minimum absolute atomic E-state index is 0.470. The predicted molar refractivity (Wildman–Crippen MR) is 82.5 cm³/mol. The molecule has 1 heterocycles. The molecule has 4 heteroatoms. The fraction of sp³-hybridized carbons (Fsp3) is 0.600. The molecular formula is C15H21N3S. The first-order valence-electron chi connectivity index (χ1n) is 7.15. The first-order valence-corrected chi connectivity index (χ1v) is 7.56. The summed E-state index contributed by atoms with van der Waals surface area (Å²) < 4.78 is 0. The number of rotatable bonds is 6. The van der Waals surface area contributed by atoms with E-state index in [4.69, 9.17) is 18.0 Å². The normalized spacial score (nSPS) is 18.4. The molecule has 0 aromatic carbocycles. The van der Waals surface area contributed by atoms with Gasteiger partial charge in [0.25, 0.3) is 0 Å². The van der Waals surface area contributed by atoms with Crippen molar-refractivity contribution >= 4 is 23.0 Å². The van der Waals surface area contributed by atoms with Gasteiger partial charge in [-0.2, -0.15) is 0 Å². The molecule has 2 N–H and O–H groups in total. The van der Waals surface area contributed by atoms with Crippen molar-refractivity contribution in [1.29, 1.82) is 0 Å². The molecule has 2 aliphatic rings. The van der Waals surface area contributed by atoms with E-state index in [0.29, 0.717) is 4.99 Å². The van der Waals surface area contributed by atoms with E-state index in [1.807, 2.05) is 12.3 Å². The van der Waals surface area contributed by atoms with E-state index in [1.54, 1.807) is 0 Å². The number of anilines is 1. The Bertz CT molecular complexity index is 478. The highest BCUT2D eigenvalue weighted by molar-refractivity contribution is 7.80. The zero-order chi connectivity index (χ0) is 13.4. The summed E-state index contributed by atoms with van der Waals surface area (Å²) in [5.41, 5.74) is 8.02. The van der Waals surface area contributed by atoms with Crippen molar-refractivity contribution < 1.29 is 0 Å². The molecule has 3 rings (SSSR count). The van der Waals surface area contributed by atoms with Crippen molar-refractivity contribution in [2.45, 2.75) is 32.6 Å². The topological polar surface area (TPSA) is 42.2 Å². The molecule has 0 bridgehead atoms. The summed E-state index contributed by atoms with van der Waals surface area (Å²) in [6.45, 7) is 4.29. The van der Waals surface area contributed by atoms with Gasteiger partial charge in [0.2, 0.25) is 0 Å². The summed E-state index contributed by atoms with van der Waals surface area (Å²) in [5, 5.41) is 0. The number of nitrogens with zero attached hydrogens (tertiary/aromatic N) is 2. The van der Waals surface area contributed by atoms with E-state index in [-0.39, 0.29) is 0 Å². The number of hydrogen-bond acceptors (Lipinski definition) is 3. The summed E-state index contributed by atoms with van der Waals surface area (Å²) in [5.74, 6) is 2.70. The summed E-state index contributed by atoms with van der Waals surface area (Å²) in [4.78, 5) is 7.48. The lowest BCUT2D eigenvalue weighted by atomic mass is 10.1. The van der Waals surface area contributed by atoms with Gasteiger partial charge in [0, 0.05) is 19.3 Å². The average Bonchev–Trinajstić information content (AvgIpc) is 3.22. The quantitative estimate of drug-likeness (QED) is 0.811. The molecule has 19 heavy (non-hydrogen) atoms.